The molecule has 0 saturated carbocycles. The molecular formula is C18H19F4N3O. The maximum atomic E-state index is 13.3. The van der Waals surface area contributed by atoms with Crippen LogP contribution in [0.2, 0.25) is 0 Å². The molecule has 0 aliphatic carbocycles. The van der Waals surface area contributed by atoms with Crippen molar-refractivity contribution in [3.05, 3.63) is 65.0 Å². The number of guanidine groups is 1. The highest BCUT2D eigenvalue weighted by Crippen LogP contribution is 2.30. The minimum atomic E-state index is -4.40. The molecule has 2 rings (SSSR count). The van der Waals surface area contributed by atoms with Gasteiger partial charge in [-0.05, 0) is 42.3 Å². The molecule has 0 radical (unpaired) electrons. The van der Waals surface area contributed by atoms with Crippen molar-refractivity contribution in [3.8, 4) is 5.75 Å². The van der Waals surface area contributed by atoms with Crippen molar-refractivity contribution < 1.29 is 22.7 Å². The summed E-state index contributed by atoms with van der Waals surface area (Å²) in [7, 11) is 1.52. The molecule has 0 heterocycles. The van der Waals surface area contributed by atoms with Gasteiger partial charge in [-0.15, -0.1) is 0 Å². The summed E-state index contributed by atoms with van der Waals surface area (Å²) in [6, 6.07) is 8.60. The van der Waals surface area contributed by atoms with E-state index >= 15 is 0 Å². The smallest absolute Gasteiger partial charge is 0.416 e. The van der Waals surface area contributed by atoms with Crippen LogP contribution in [0.1, 0.15) is 29.7 Å². The number of phenolic OH excluding ortho intramolecular Hbond substituents is 1. The predicted octanol–water partition coefficient (Wildman–Crippen LogP) is 3.98. The van der Waals surface area contributed by atoms with Crippen LogP contribution in [0.5, 0.6) is 5.75 Å². The lowest BCUT2D eigenvalue weighted by atomic mass is 10.1. The van der Waals surface area contributed by atoms with Crippen molar-refractivity contribution in [2.45, 2.75) is 25.7 Å². The number of phenols is 1. The van der Waals surface area contributed by atoms with Gasteiger partial charge in [-0.3, -0.25) is 4.99 Å². The number of benzene rings is 2. The Morgan fingerprint density at radius 2 is 1.92 bits per heavy atom. The third kappa shape index (κ3) is 5.11. The van der Waals surface area contributed by atoms with Crippen molar-refractivity contribution in [1.29, 1.82) is 0 Å². The number of halogens is 4. The molecule has 8 heteroatoms. The molecule has 3 N–H and O–H groups in total. The van der Waals surface area contributed by atoms with Crippen LogP contribution in [0.4, 0.5) is 17.6 Å². The van der Waals surface area contributed by atoms with Crippen molar-refractivity contribution in [3.63, 3.8) is 0 Å². The first-order valence-corrected chi connectivity index (χ1v) is 7.82. The Bertz CT molecular complexity index is 790. The summed E-state index contributed by atoms with van der Waals surface area (Å²) in [5, 5.41) is 15.1. The largest absolute Gasteiger partial charge is 0.505 e. The molecule has 1 atom stereocenters. The molecular weight excluding hydrogens is 350 g/mol. The van der Waals surface area contributed by atoms with Crippen LogP contribution >= 0.6 is 0 Å². The van der Waals surface area contributed by atoms with Gasteiger partial charge in [-0.2, -0.15) is 13.2 Å². The number of alkyl halides is 3. The van der Waals surface area contributed by atoms with Gasteiger partial charge >= 0.3 is 6.18 Å². The molecule has 0 amide bonds. The zero-order chi connectivity index (χ0) is 19.3. The summed E-state index contributed by atoms with van der Waals surface area (Å²) in [5.41, 5.74) is 0.319. The fraction of sp³-hybridized carbons (Fsp3) is 0.278. The maximum Gasteiger partial charge on any atom is 0.416 e. The lowest BCUT2D eigenvalue weighted by Gasteiger charge is -2.19. The summed E-state index contributed by atoms with van der Waals surface area (Å²) in [5.74, 6) is -0.817. The summed E-state index contributed by atoms with van der Waals surface area (Å²) < 4.78 is 51.8. The highest BCUT2D eigenvalue weighted by Gasteiger charge is 2.30. The second kappa shape index (κ2) is 8.07. The standard InChI is InChI=1S/C18H19F4N3O/c1-11(13-4-3-5-14(9-13)18(20,21)22)25-17(23-2)24-10-12-6-7-16(26)15(19)8-12/h3-9,11,26H,10H2,1-2H3,(H2,23,24,25). The van der Waals surface area contributed by atoms with Gasteiger partial charge in [0.15, 0.2) is 17.5 Å². The lowest BCUT2D eigenvalue weighted by Crippen LogP contribution is -2.38. The first-order valence-electron chi connectivity index (χ1n) is 7.82. The normalized spacial score (nSPS) is 13.4. The molecule has 0 bridgehead atoms. The number of aliphatic imine (C=N–C) groups is 1. The van der Waals surface area contributed by atoms with Crippen LogP contribution in [-0.4, -0.2) is 18.1 Å². The van der Waals surface area contributed by atoms with E-state index < -0.39 is 29.3 Å². The molecule has 4 nitrogen and oxygen atoms in total. The van der Waals surface area contributed by atoms with Crippen LogP contribution in [0.3, 0.4) is 0 Å². The second-order valence-corrected chi connectivity index (χ2v) is 5.70. The van der Waals surface area contributed by atoms with Gasteiger partial charge in [0.05, 0.1) is 11.6 Å². The van der Waals surface area contributed by atoms with E-state index in [1.807, 2.05) is 0 Å². The fourth-order valence-corrected chi connectivity index (χ4v) is 2.31. The Hall–Kier alpha value is -2.77. The Morgan fingerprint density at radius 3 is 2.54 bits per heavy atom. The summed E-state index contributed by atoms with van der Waals surface area (Å²) in [4.78, 5) is 4.01. The number of nitrogens with one attached hydrogen (secondary N) is 2. The van der Waals surface area contributed by atoms with Crippen molar-refractivity contribution >= 4 is 5.96 Å². The molecule has 0 spiro atoms. The van der Waals surface area contributed by atoms with Crippen molar-refractivity contribution in [2.24, 2.45) is 4.99 Å². The molecule has 140 valence electrons. The van der Waals surface area contributed by atoms with Crippen molar-refractivity contribution in [2.75, 3.05) is 7.05 Å². The molecule has 0 saturated heterocycles. The molecule has 0 fully saturated rings. The van der Waals surface area contributed by atoms with Crippen LogP contribution in [0.15, 0.2) is 47.5 Å². The first kappa shape index (κ1) is 19.6. The highest BCUT2D eigenvalue weighted by molar-refractivity contribution is 5.80. The van der Waals surface area contributed by atoms with Gasteiger partial charge in [0.25, 0.3) is 0 Å². The average molecular weight is 369 g/mol. The summed E-state index contributed by atoms with van der Waals surface area (Å²) >= 11 is 0. The molecule has 1 unspecified atom stereocenters. The molecule has 0 aromatic heterocycles. The number of nitrogens with zero attached hydrogens (tertiary/aromatic N) is 1. The average Bonchev–Trinajstić information content (AvgIpc) is 2.60. The Labute approximate surface area is 148 Å². The minimum absolute atomic E-state index is 0.228. The predicted molar refractivity (Wildman–Crippen MR) is 91.3 cm³/mol. The number of hydrogen-bond donors (Lipinski definition) is 3. The van der Waals surface area contributed by atoms with E-state index in [0.29, 0.717) is 17.1 Å². The molecule has 2 aromatic rings. The van der Waals surface area contributed by atoms with Gasteiger partial charge in [0, 0.05) is 13.6 Å². The number of aromatic hydroxyl groups is 1. The van der Waals surface area contributed by atoms with E-state index in [1.165, 1.54) is 25.2 Å². The monoisotopic (exact) mass is 369 g/mol. The maximum absolute atomic E-state index is 13.3. The van der Waals surface area contributed by atoms with E-state index in [1.54, 1.807) is 19.1 Å². The van der Waals surface area contributed by atoms with Gasteiger partial charge in [-0.1, -0.05) is 18.2 Å². The number of hydrogen-bond acceptors (Lipinski definition) is 2. The van der Waals surface area contributed by atoms with Crippen LogP contribution in [0, 0.1) is 5.82 Å². The molecule has 26 heavy (non-hydrogen) atoms. The number of rotatable bonds is 4. The SMILES string of the molecule is CN=C(NCc1ccc(O)c(F)c1)NC(C)c1cccc(C(F)(F)F)c1. The molecule has 0 aliphatic heterocycles. The fourth-order valence-electron chi connectivity index (χ4n) is 2.31. The van der Waals surface area contributed by atoms with Crippen LogP contribution in [-0.2, 0) is 12.7 Å². The zero-order valence-electron chi connectivity index (χ0n) is 14.2. The zero-order valence-corrected chi connectivity index (χ0v) is 14.2. The third-order valence-electron chi connectivity index (χ3n) is 3.76. The Kier molecular flexibility index (Phi) is 6.07. The lowest BCUT2D eigenvalue weighted by molar-refractivity contribution is -0.137. The third-order valence-corrected chi connectivity index (χ3v) is 3.76. The second-order valence-electron chi connectivity index (χ2n) is 5.70. The van der Waals surface area contributed by atoms with E-state index in [2.05, 4.69) is 15.6 Å². The van der Waals surface area contributed by atoms with Gasteiger partial charge in [0.1, 0.15) is 0 Å². The van der Waals surface area contributed by atoms with Crippen LogP contribution < -0.4 is 10.6 Å². The van der Waals surface area contributed by atoms with Gasteiger partial charge < -0.3 is 15.7 Å². The van der Waals surface area contributed by atoms with E-state index in [-0.39, 0.29) is 6.54 Å². The Morgan fingerprint density at radius 1 is 1.19 bits per heavy atom. The van der Waals surface area contributed by atoms with E-state index in [4.69, 9.17) is 0 Å². The van der Waals surface area contributed by atoms with E-state index in [0.717, 1.165) is 12.1 Å². The quantitative estimate of drug-likeness (QED) is 0.434. The van der Waals surface area contributed by atoms with Crippen LogP contribution in [0.25, 0.3) is 0 Å². The van der Waals surface area contributed by atoms with Crippen molar-refractivity contribution in [1.82, 2.24) is 10.6 Å². The Balaban J connectivity index is 2.02. The topological polar surface area (TPSA) is 56.7 Å². The summed E-state index contributed by atoms with van der Waals surface area (Å²) in [6.45, 7) is 1.94. The van der Waals surface area contributed by atoms with E-state index in [9.17, 15) is 22.7 Å². The first-order chi connectivity index (χ1) is 12.2. The molecule has 2 aromatic carbocycles. The molecule has 0 aliphatic rings. The summed E-state index contributed by atoms with van der Waals surface area (Å²) in [6.07, 6.45) is -4.40. The highest BCUT2D eigenvalue weighted by atomic mass is 19.4. The minimum Gasteiger partial charge on any atom is -0.505 e. The van der Waals surface area contributed by atoms with Gasteiger partial charge in [0.2, 0.25) is 0 Å². The van der Waals surface area contributed by atoms with Gasteiger partial charge in [-0.25, -0.2) is 4.39 Å².